The molecule has 1 saturated carbocycles. The molecule has 4 rings (SSSR count). The van der Waals surface area contributed by atoms with E-state index >= 15 is 0 Å². The third-order valence-corrected chi connectivity index (χ3v) is 6.83. The minimum Gasteiger partial charge on any atom is -0.492 e. The van der Waals surface area contributed by atoms with Crippen molar-refractivity contribution in [1.29, 1.82) is 0 Å². The molecule has 1 saturated heterocycles. The fourth-order valence-electron chi connectivity index (χ4n) is 4.80. The van der Waals surface area contributed by atoms with Gasteiger partial charge in [-0.1, -0.05) is 37.5 Å². The molecular weight excluding hydrogens is 442 g/mol. The van der Waals surface area contributed by atoms with Crippen LogP contribution in [0.25, 0.3) is 6.08 Å². The van der Waals surface area contributed by atoms with Gasteiger partial charge in [-0.2, -0.15) is 0 Å². The number of anilines is 1. The number of nitrogens with one attached hydrogen (secondary N) is 2. The van der Waals surface area contributed by atoms with Gasteiger partial charge in [0.05, 0.1) is 6.54 Å². The summed E-state index contributed by atoms with van der Waals surface area (Å²) in [5, 5.41) is 4.19. The van der Waals surface area contributed by atoms with E-state index in [2.05, 4.69) is 46.7 Å². The monoisotopic (exact) mass is 475 g/mol. The lowest BCUT2D eigenvalue weighted by Gasteiger charge is -2.24. The van der Waals surface area contributed by atoms with E-state index in [1.54, 1.807) is 0 Å². The average molecular weight is 476 g/mol. The minimum absolute atomic E-state index is 0.0873. The fourth-order valence-corrected chi connectivity index (χ4v) is 4.80. The summed E-state index contributed by atoms with van der Waals surface area (Å²) < 4.78 is 6.02. The van der Waals surface area contributed by atoms with E-state index in [1.165, 1.54) is 43.7 Å². The van der Waals surface area contributed by atoms with Crippen molar-refractivity contribution in [3.8, 4) is 5.75 Å². The molecule has 0 aromatic heterocycles. The predicted molar refractivity (Wildman–Crippen MR) is 136 cm³/mol. The Labute approximate surface area is 206 Å². The second-order valence-corrected chi connectivity index (χ2v) is 9.17. The number of aryl methyl sites for hydroxylation is 1. The van der Waals surface area contributed by atoms with Gasteiger partial charge in [0, 0.05) is 12.2 Å². The van der Waals surface area contributed by atoms with Crippen LogP contribution in [0.4, 0.5) is 10.5 Å². The van der Waals surface area contributed by atoms with Gasteiger partial charge in [0.2, 0.25) is 0 Å². The van der Waals surface area contributed by atoms with Crippen LogP contribution in [-0.2, 0) is 9.59 Å². The summed E-state index contributed by atoms with van der Waals surface area (Å²) in [6.07, 6.45) is 8.12. The van der Waals surface area contributed by atoms with Crippen LogP contribution < -0.4 is 20.3 Å². The van der Waals surface area contributed by atoms with Gasteiger partial charge in [-0.15, -0.1) is 0 Å². The van der Waals surface area contributed by atoms with Crippen LogP contribution in [0.1, 0.15) is 61.6 Å². The van der Waals surface area contributed by atoms with E-state index in [4.69, 9.17) is 4.74 Å². The van der Waals surface area contributed by atoms with Gasteiger partial charge in [-0.3, -0.25) is 20.2 Å². The van der Waals surface area contributed by atoms with Gasteiger partial charge in [-0.25, -0.2) is 4.79 Å². The Kier molecular flexibility index (Phi) is 7.85. The van der Waals surface area contributed by atoms with E-state index in [-0.39, 0.29) is 5.57 Å². The highest BCUT2D eigenvalue weighted by Gasteiger charge is 2.27. The maximum absolute atomic E-state index is 12.0. The van der Waals surface area contributed by atoms with Crippen molar-refractivity contribution in [2.45, 2.75) is 51.9 Å². The van der Waals surface area contributed by atoms with Crippen molar-refractivity contribution in [2.75, 3.05) is 24.6 Å². The standard InChI is InChI=1S/C28H33N3O4/c1-3-31(15-16-35-24-13-10-21(11-14-24)20-7-5-4-6-8-20)23-12-9-22(19(2)17-23)18-25-26(32)29-28(34)30-27(25)33/h9-14,17-18,20H,3-8,15-16H2,1-2H3,(H2,29,30,32,33,34). The number of urea groups is 1. The number of carbonyl (C=O) groups excluding carboxylic acids is 3. The van der Waals surface area contributed by atoms with Crippen molar-refractivity contribution in [3.63, 3.8) is 0 Å². The van der Waals surface area contributed by atoms with Crippen LogP contribution in [-0.4, -0.2) is 37.5 Å². The molecule has 184 valence electrons. The molecule has 1 aliphatic carbocycles. The Balaban J connectivity index is 1.35. The third-order valence-electron chi connectivity index (χ3n) is 6.83. The lowest BCUT2D eigenvalue weighted by atomic mass is 9.84. The molecule has 35 heavy (non-hydrogen) atoms. The highest BCUT2D eigenvalue weighted by Crippen LogP contribution is 2.33. The van der Waals surface area contributed by atoms with Crippen LogP contribution in [0.5, 0.6) is 5.75 Å². The zero-order chi connectivity index (χ0) is 24.8. The first kappa shape index (κ1) is 24.5. The molecular formula is C28H33N3O4. The molecule has 2 aliphatic rings. The van der Waals surface area contributed by atoms with E-state index in [9.17, 15) is 14.4 Å². The molecule has 0 atom stereocenters. The van der Waals surface area contributed by atoms with Crippen LogP contribution >= 0.6 is 0 Å². The van der Waals surface area contributed by atoms with Gasteiger partial charge in [-0.05, 0) is 79.6 Å². The summed E-state index contributed by atoms with van der Waals surface area (Å²) in [6, 6.07) is 13.7. The molecule has 0 spiro atoms. The maximum atomic E-state index is 12.0. The summed E-state index contributed by atoms with van der Waals surface area (Å²) in [5.74, 6) is 0.198. The van der Waals surface area contributed by atoms with Crippen LogP contribution in [0.15, 0.2) is 48.0 Å². The predicted octanol–water partition coefficient (Wildman–Crippen LogP) is 4.70. The van der Waals surface area contributed by atoms with E-state index in [0.717, 1.165) is 35.7 Å². The van der Waals surface area contributed by atoms with E-state index in [1.807, 2.05) is 25.1 Å². The molecule has 2 aromatic rings. The minimum atomic E-state index is -0.801. The number of hydrogen-bond acceptors (Lipinski definition) is 5. The summed E-state index contributed by atoms with van der Waals surface area (Å²) >= 11 is 0. The van der Waals surface area contributed by atoms with Gasteiger partial charge in [0.1, 0.15) is 17.9 Å². The average Bonchev–Trinajstić information content (AvgIpc) is 2.86. The molecule has 0 bridgehead atoms. The van der Waals surface area contributed by atoms with Gasteiger partial charge < -0.3 is 9.64 Å². The maximum Gasteiger partial charge on any atom is 0.328 e. The van der Waals surface area contributed by atoms with Crippen molar-refractivity contribution in [3.05, 3.63) is 64.7 Å². The SMILES string of the molecule is CCN(CCOc1ccc(C2CCCCC2)cc1)c1ccc(C=C2C(=O)NC(=O)NC2=O)c(C)c1. The number of imide groups is 2. The number of barbiturate groups is 1. The number of carbonyl (C=O) groups is 3. The number of nitrogens with zero attached hydrogens (tertiary/aromatic N) is 1. The highest BCUT2D eigenvalue weighted by atomic mass is 16.5. The van der Waals surface area contributed by atoms with Gasteiger partial charge in [0.25, 0.3) is 11.8 Å². The van der Waals surface area contributed by atoms with Crippen LogP contribution in [0.3, 0.4) is 0 Å². The fraction of sp³-hybridized carbons (Fsp3) is 0.393. The number of hydrogen-bond donors (Lipinski definition) is 2. The summed E-state index contributed by atoms with van der Waals surface area (Å²) in [4.78, 5) is 37.5. The zero-order valence-electron chi connectivity index (χ0n) is 20.4. The second kappa shape index (κ2) is 11.2. The Bertz CT molecular complexity index is 1100. The molecule has 7 heteroatoms. The Morgan fingerprint density at radius 1 is 0.971 bits per heavy atom. The number of rotatable bonds is 8. The molecule has 2 aromatic carbocycles. The van der Waals surface area contributed by atoms with Crippen molar-refractivity contribution in [2.24, 2.45) is 0 Å². The summed E-state index contributed by atoms with van der Waals surface area (Å²) in [5.41, 5.74) is 4.04. The zero-order valence-corrected chi connectivity index (χ0v) is 20.4. The molecule has 1 heterocycles. The van der Waals surface area contributed by atoms with Gasteiger partial charge >= 0.3 is 6.03 Å². The first-order valence-electron chi connectivity index (χ1n) is 12.4. The molecule has 0 unspecified atom stereocenters. The summed E-state index contributed by atoms with van der Waals surface area (Å²) in [6.45, 7) is 6.14. The first-order chi connectivity index (χ1) is 16.9. The first-order valence-corrected chi connectivity index (χ1v) is 12.4. The van der Waals surface area contributed by atoms with Gasteiger partial charge in [0.15, 0.2) is 0 Å². The largest absolute Gasteiger partial charge is 0.492 e. The number of ether oxygens (including phenoxy) is 1. The molecule has 2 N–H and O–H groups in total. The Morgan fingerprint density at radius 3 is 2.29 bits per heavy atom. The quantitative estimate of drug-likeness (QED) is 0.427. The molecule has 4 amide bonds. The number of benzene rings is 2. The lowest BCUT2D eigenvalue weighted by Crippen LogP contribution is -2.51. The highest BCUT2D eigenvalue weighted by molar-refractivity contribution is 6.31. The van der Waals surface area contributed by atoms with Crippen LogP contribution in [0, 0.1) is 6.92 Å². The lowest BCUT2D eigenvalue weighted by molar-refractivity contribution is -0.123. The summed E-state index contributed by atoms with van der Waals surface area (Å²) in [7, 11) is 0. The second-order valence-electron chi connectivity index (χ2n) is 9.17. The number of likely N-dealkylation sites (N-methyl/N-ethyl adjacent to an activating group) is 1. The topological polar surface area (TPSA) is 87.7 Å². The Hall–Kier alpha value is -3.61. The van der Waals surface area contributed by atoms with Crippen LogP contribution in [0.2, 0.25) is 0 Å². The van der Waals surface area contributed by atoms with E-state index < -0.39 is 17.8 Å². The molecule has 0 radical (unpaired) electrons. The molecule has 2 fully saturated rings. The normalized spacial score (nSPS) is 16.5. The molecule has 1 aliphatic heterocycles. The van der Waals surface area contributed by atoms with Crippen molar-refractivity contribution < 1.29 is 19.1 Å². The van der Waals surface area contributed by atoms with Crippen molar-refractivity contribution in [1.82, 2.24) is 10.6 Å². The molecule has 7 nitrogen and oxygen atoms in total. The smallest absolute Gasteiger partial charge is 0.328 e. The third kappa shape index (κ3) is 6.10. The van der Waals surface area contributed by atoms with Crippen molar-refractivity contribution >= 4 is 29.6 Å². The van der Waals surface area contributed by atoms with E-state index in [0.29, 0.717) is 12.5 Å². The Morgan fingerprint density at radius 2 is 1.66 bits per heavy atom. The number of amides is 4.